The molecule has 2 aromatic rings. The monoisotopic (exact) mass is 192 g/mol. The van der Waals surface area contributed by atoms with Crippen molar-refractivity contribution < 1.29 is 5.11 Å². The van der Waals surface area contributed by atoms with E-state index in [0.717, 1.165) is 5.39 Å². The van der Waals surface area contributed by atoms with E-state index in [9.17, 15) is 5.11 Å². The number of phenols is 1. The topological polar surface area (TPSA) is 48.9 Å². The lowest BCUT2D eigenvalue weighted by molar-refractivity contribution is 0.480. The number of phenolic OH excluding ortho intramolecular Hbond substituents is 1. The Balaban J connectivity index is 2.89. The molecule has 0 saturated heterocycles. The van der Waals surface area contributed by atoms with E-state index in [2.05, 4.69) is 0 Å². The molecule has 13 heavy (non-hydrogen) atoms. The zero-order valence-electron chi connectivity index (χ0n) is 6.53. The Kier molecular flexibility index (Phi) is 1.64. The largest absolute Gasteiger partial charge is 0.506 e. The highest BCUT2D eigenvalue weighted by atomic mass is 35.5. The lowest BCUT2D eigenvalue weighted by Gasteiger charge is -1.97. The summed E-state index contributed by atoms with van der Waals surface area (Å²) >= 11 is 5.75. The Morgan fingerprint density at radius 1 is 1.46 bits per heavy atom. The fourth-order valence-corrected chi connectivity index (χ4v) is 1.53. The van der Waals surface area contributed by atoms with Gasteiger partial charge in [0.15, 0.2) is 0 Å². The molecule has 3 nitrogen and oxygen atoms in total. The summed E-state index contributed by atoms with van der Waals surface area (Å²) in [7, 11) is 0. The fraction of sp³-hybridized carbons (Fsp3) is 0. The molecule has 0 atom stereocenters. The van der Waals surface area contributed by atoms with Gasteiger partial charge in [0.2, 0.25) is 0 Å². The van der Waals surface area contributed by atoms with Gasteiger partial charge in [-0.2, -0.15) is 5.26 Å². The molecule has 1 N–H and O–H groups in total. The number of hydrogen-bond donors (Lipinski definition) is 1. The van der Waals surface area contributed by atoms with Crippen LogP contribution in [0, 0.1) is 11.3 Å². The van der Waals surface area contributed by atoms with Gasteiger partial charge in [0, 0.05) is 23.4 Å². The lowest BCUT2D eigenvalue weighted by Crippen LogP contribution is -1.80. The Morgan fingerprint density at radius 2 is 2.23 bits per heavy atom. The molecule has 0 unspecified atom stereocenters. The Morgan fingerprint density at radius 3 is 2.92 bits per heavy atom. The quantitative estimate of drug-likeness (QED) is 0.696. The molecular formula is C9H5ClN2O. The standard InChI is InChI=1S/C9H5ClN2O/c10-12-2-1-7-3-6(5-11)4-8(13)9(7)12/h1-4,13H. The van der Waals surface area contributed by atoms with E-state index >= 15 is 0 Å². The second-order valence-electron chi connectivity index (χ2n) is 2.67. The summed E-state index contributed by atoms with van der Waals surface area (Å²) in [6.07, 6.45) is 1.62. The number of halogens is 1. The molecule has 0 bridgehead atoms. The van der Waals surface area contributed by atoms with Crippen LogP contribution in [0.5, 0.6) is 5.75 Å². The fourth-order valence-electron chi connectivity index (χ4n) is 1.29. The second kappa shape index (κ2) is 2.68. The molecule has 2 rings (SSSR count). The molecular weight excluding hydrogens is 188 g/mol. The van der Waals surface area contributed by atoms with Gasteiger partial charge >= 0.3 is 0 Å². The van der Waals surface area contributed by atoms with Crippen LogP contribution in [0.4, 0.5) is 0 Å². The molecule has 1 heterocycles. The number of nitriles is 1. The van der Waals surface area contributed by atoms with Crippen molar-refractivity contribution in [2.75, 3.05) is 0 Å². The normalized spacial score (nSPS) is 10.2. The predicted octanol–water partition coefficient (Wildman–Crippen LogP) is 2.22. The van der Waals surface area contributed by atoms with E-state index in [4.69, 9.17) is 17.0 Å². The van der Waals surface area contributed by atoms with E-state index in [0.29, 0.717) is 11.1 Å². The molecule has 0 saturated carbocycles. The highest BCUT2D eigenvalue weighted by Gasteiger charge is 2.06. The number of aromatic nitrogens is 1. The van der Waals surface area contributed by atoms with Gasteiger partial charge < -0.3 is 5.11 Å². The highest BCUT2D eigenvalue weighted by molar-refractivity contribution is 6.19. The SMILES string of the molecule is N#Cc1cc(O)c2c(ccn2Cl)c1. The summed E-state index contributed by atoms with van der Waals surface area (Å²) in [6.45, 7) is 0. The number of aromatic hydroxyl groups is 1. The van der Waals surface area contributed by atoms with E-state index < -0.39 is 0 Å². The smallest absolute Gasteiger partial charge is 0.142 e. The van der Waals surface area contributed by atoms with Crippen molar-refractivity contribution in [2.45, 2.75) is 0 Å². The van der Waals surface area contributed by atoms with E-state index in [1.807, 2.05) is 6.07 Å². The highest BCUT2D eigenvalue weighted by Crippen LogP contribution is 2.27. The molecule has 0 aliphatic carbocycles. The maximum Gasteiger partial charge on any atom is 0.142 e. The van der Waals surface area contributed by atoms with Crippen molar-refractivity contribution in [1.82, 2.24) is 4.09 Å². The van der Waals surface area contributed by atoms with Gasteiger partial charge in [-0.05, 0) is 18.2 Å². The maximum absolute atomic E-state index is 9.50. The zero-order valence-corrected chi connectivity index (χ0v) is 7.28. The van der Waals surface area contributed by atoms with Gasteiger partial charge in [-0.25, -0.2) is 0 Å². The first-order valence-corrected chi connectivity index (χ1v) is 3.96. The summed E-state index contributed by atoms with van der Waals surface area (Å²) in [5, 5.41) is 18.9. The van der Waals surface area contributed by atoms with Crippen molar-refractivity contribution >= 4 is 22.7 Å². The molecule has 0 amide bonds. The predicted molar refractivity (Wildman–Crippen MR) is 49.6 cm³/mol. The van der Waals surface area contributed by atoms with Crippen LogP contribution < -0.4 is 0 Å². The van der Waals surface area contributed by atoms with Crippen molar-refractivity contribution in [3.63, 3.8) is 0 Å². The van der Waals surface area contributed by atoms with Gasteiger partial charge in [0.1, 0.15) is 11.3 Å². The Bertz CT molecular complexity index is 510. The summed E-state index contributed by atoms with van der Waals surface area (Å²) < 4.78 is 1.30. The lowest BCUT2D eigenvalue weighted by atomic mass is 10.1. The first-order chi connectivity index (χ1) is 6.22. The van der Waals surface area contributed by atoms with Crippen LogP contribution in [-0.4, -0.2) is 9.19 Å². The van der Waals surface area contributed by atoms with Crippen LogP contribution in [0.25, 0.3) is 10.9 Å². The summed E-state index contributed by atoms with van der Waals surface area (Å²) in [4.78, 5) is 0. The van der Waals surface area contributed by atoms with Crippen LogP contribution in [0.3, 0.4) is 0 Å². The number of nitrogens with zero attached hydrogens (tertiary/aromatic N) is 2. The third-order valence-corrected chi connectivity index (χ3v) is 2.13. The zero-order chi connectivity index (χ0) is 9.42. The minimum absolute atomic E-state index is 0.0223. The average molecular weight is 193 g/mol. The first kappa shape index (κ1) is 7.96. The van der Waals surface area contributed by atoms with Crippen molar-refractivity contribution in [2.24, 2.45) is 0 Å². The summed E-state index contributed by atoms with van der Waals surface area (Å²) in [5.74, 6) is 0.0223. The maximum atomic E-state index is 9.50. The Hall–Kier alpha value is -1.66. The number of rotatable bonds is 0. The molecule has 0 aliphatic heterocycles. The first-order valence-electron chi connectivity index (χ1n) is 3.62. The Labute approximate surface area is 79.5 Å². The van der Waals surface area contributed by atoms with Gasteiger partial charge in [0.25, 0.3) is 0 Å². The molecule has 0 radical (unpaired) electrons. The molecule has 64 valence electrons. The molecule has 1 aromatic carbocycles. The second-order valence-corrected chi connectivity index (χ2v) is 3.04. The van der Waals surface area contributed by atoms with Gasteiger partial charge in [-0.1, -0.05) is 0 Å². The van der Waals surface area contributed by atoms with Crippen molar-refractivity contribution in [1.29, 1.82) is 5.26 Å². The summed E-state index contributed by atoms with van der Waals surface area (Å²) in [6, 6.07) is 6.76. The van der Waals surface area contributed by atoms with Gasteiger partial charge in [0.05, 0.1) is 11.6 Å². The number of benzene rings is 1. The minimum Gasteiger partial charge on any atom is -0.506 e. The third kappa shape index (κ3) is 1.12. The number of hydrogen-bond acceptors (Lipinski definition) is 2. The molecule has 4 heteroatoms. The van der Waals surface area contributed by atoms with Crippen LogP contribution in [0.15, 0.2) is 24.4 Å². The minimum atomic E-state index is 0.0223. The van der Waals surface area contributed by atoms with Crippen molar-refractivity contribution in [3.05, 3.63) is 30.0 Å². The molecule has 0 spiro atoms. The summed E-state index contributed by atoms with van der Waals surface area (Å²) in [5.41, 5.74) is 0.952. The van der Waals surface area contributed by atoms with Crippen LogP contribution >= 0.6 is 11.8 Å². The molecule has 0 fully saturated rings. The molecule has 1 aromatic heterocycles. The van der Waals surface area contributed by atoms with Gasteiger partial charge in [-0.15, -0.1) is 0 Å². The third-order valence-electron chi connectivity index (χ3n) is 1.85. The van der Waals surface area contributed by atoms with Gasteiger partial charge in [-0.3, -0.25) is 4.09 Å². The van der Waals surface area contributed by atoms with Crippen LogP contribution in [0.1, 0.15) is 5.56 Å². The van der Waals surface area contributed by atoms with E-state index in [-0.39, 0.29) is 5.75 Å². The average Bonchev–Trinajstić information content (AvgIpc) is 2.48. The van der Waals surface area contributed by atoms with Crippen LogP contribution in [0.2, 0.25) is 0 Å². The van der Waals surface area contributed by atoms with E-state index in [1.54, 1.807) is 18.3 Å². The van der Waals surface area contributed by atoms with Crippen molar-refractivity contribution in [3.8, 4) is 11.8 Å². The van der Waals surface area contributed by atoms with Crippen LogP contribution in [-0.2, 0) is 0 Å². The van der Waals surface area contributed by atoms with E-state index in [1.165, 1.54) is 10.2 Å². The molecule has 0 aliphatic rings. The number of fused-ring (bicyclic) bond motifs is 1.